The maximum Gasteiger partial charge on any atom is 0.312 e. The van der Waals surface area contributed by atoms with Crippen LogP contribution < -0.4 is 16.4 Å². The fourth-order valence-electron chi connectivity index (χ4n) is 1.43. The Kier molecular flexibility index (Phi) is 6.94. The zero-order valence-corrected chi connectivity index (χ0v) is 13.2. The minimum absolute atomic E-state index is 0.0304. The molecule has 22 heavy (non-hydrogen) atoms. The number of hydrogen-bond acceptors (Lipinski definition) is 4. The van der Waals surface area contributed by atoms with E-state index in [4.69, 9.17) is 33.7 Å². The number of amides is 3. The van der Waals surface area contributed by atoms with Crippen molar-refractivity contribution in [1.82, 2.24) is 5.32 Å². The van der Waals surface area contributed by atoms with E-state index in [1.807, 2.05) is 0 Å². The smallest absolute Gasteiger partial charge is 0.312 e. The lowest BCUT2D eigenvalue weighted by Crippen LogP contribution is -2.33. The molecule has 0 radical (unpaired) electrons. The second kappa shape index (κ2) is 8.45. The molecular weight excluding hydrogens is 333 g/mol. The number of anilines is 1. The minimum Gasteiger partial charge on any atom is -0.452 e. The Morgan fingerprint density at radius 1 is 1.32 bits per heavy atom. The highest BCUT2D eigenvalue weighted by atomic mass is 35.5. The molecule has 9 heteroatoms. The number of hydrogen-bond donors (Lipinski definition) is 3. The highest BCUT2D eigenvalue weighted by molar-refractivity contribution is 6.35. The fraction of sp³-hybridized carbons (Fsp3) is 0.308. The topological polar surface area (TPSA) is 111 Å². The molecule has 0 heterocycles. The van der Waals surface area contributed by atoms with Crippen molar-refractivity contribution in [2.24, 2.45) is 5.73 Å². The van der Waals surface area contributed by atoms with Gasteiger partial charge in [0.05, 0.1) is 17.1 Å². The maximum atomic E-state index is 11.9. The predicted octanol–water partition coefficient (Wildman–Crippen LogP) is 1.92. The number of rotatable bonds is 6. The first kappa shape index (κ1) is 18.1. The number of esters is 1. The third-order valence-corrected chi connectivity index (χ3v) is 3.06. The number of halogens is 2. The fourth-order valence-corrected chi connectivity index (χ4v) is 1.76. The van der Waals surface area contributed by atoms with E-state index in [2.05, 4.69) is 10.6 Å². The molecule has 0 aliphatic heterocycles. The molecule has 3 amide bonds. The number of nitrogens with two attached hydrogens (primary N) is 1. The van der Waals surface area contributed by atoms with Crippen molar-refractivity contribution in [3.63, 3.8) is 0 Å². The minimum atomic E-state index is -1.03. The predicted molar refractivity (Wildman–Crippen MR) is 82.8 cm³/mol. The Bertz CT molecular complexity index is 580. The summed E-state index contributed by atoms with van der Waals surface area (Å²) in [5.41, 5.74) is 5.17. The second-order valence-corrected chi connectivity index (χ2v) is 5.13. The van der Waals surface area contributed by atoms with Gasteiger partial charge in [-0.2, -0.15) is 0 Å². The summed E-state index contributed by atoms with van der Waals surface area (Å²) in [6, 6.07) is 3.85. The Hall–Kier alpha value is -1.99. The summed E-state index contributed by atoms with van der Waals surface area (Å²) in [4.78, 5) is 33.8. The molecule has 0 aliphatic carbocycles. The van der Waals surface area contributed by atoms with Crippen molar-refractivity contribution in [1.29, 1.82) is 0 Å². The molecule has 1 aromatic rings. The Labute approximate surface area is 137 Å². The Balaban J connectivity index is 2.49. The van der Waals surface area contributed by atoms with E-state index in [9.17, 15) is 14.4 Å². The molecule has 1 rings (SSSR count). The molecule has 1 aromatic carbocycles. The van der Waals surface area contributed by atoms with Gasteiger partial charge in [0.25, 0.3) is 5.91 Å². The highest BCUT2D eigenvalue weighted by Crippen LogP contribution is 2.25. The number of nitrogens with one attached hydrogen (secondary N) is 2. The third-order valence-electron chi connectivity index (χ3n) is 2.49. The van der Waals surface area contributed by atoms with Crippen molar-refractivity contribution < 1.29 is 19.1 Å². The van der Waals surface area contributed by atoms with Gasteiger partial charge in [-0.3, -0.25) is 9.59 Å². The third kappa shape index (κ3) is 6.19. The molecule has 0 saturated carbocycles. The number of carbonyl (C=O) groups is 3. The molecule has 0 aliphatic rings. The van der Waals surface area contributed by atoms with Crippen molar-refractivity contribution >= 4 is 46.8 Å². The zero-order valence-electron chi connectivity index (χ0n) is 11.7. The van der Waals surface area contributed by atoms with Crippen molar-refractivity contribution in [3.8, 4) is 0 Å². The van der Waals surface area contributed by atoms with Gasteiger partial charge in [-0.1, -0.05) is 23.2 Å². The average Bonchev–Trinajstić information content (AvgIpc) is 2.42. The Morgan fingerprint density at radius 2 is 2.00 bits per heavy atom. The molecule has 1 atom stereocenters. The lowest BCUT2D eigenvalue weighted by Gasteiger charge is -2.14. The number of carbonyl (C=O) groups excluding carboxylic acids is 3. The van der Waals surface area contributed by atoms with Gasteiger partial charge in [0.1, 0.15) is 0 Å². The molecule has 0 spiro atoms. The maximum absolute atomic E-state index is 11.9. The normalized spacial score (nSPS) is 11.4. The van der Waals surface area contributed by atoms with Crippen LogP contribution in [0.25, 0.3) is 0 Å². The van der Waals surface area contributed by atoms with Gasteiger partial charge in [-0.25, -0.2) is 4.79 Å². The molecule has 7 nitrogen and oxygen atoms in total. The van der Waals surface area contributed by atoms with E-state index < -0.39 is 24.0 Å². The Morgan fingerprint density at radius 3 is 2.64 bits per heavy atom. The summed E-state index contributed by atoms with van der Waals surface area (Å²) in [7, 11) is 0. The van der Waals surface area contributed by atoms with Gasteiger partial charge < -0.3 is 21.1 Å². The van der Waals surface area contributed by atoms with E-state index in [1.54, 1.807) is 6.07 Å². The van der Waals surface area contributed by atoms with Crippen LogP contribution in [0.2, 0.25) is 10.0 Å². The molecule has 0 unspecified atom stereocenters. The van der Waals surface area contributed by atoms with Gasteiger partial charge in [-0.15, -0.1) is 0 Å². The SMILES string of the molecule is C[C@H](OC(=O)CCNC(N)=O)C(=O)Nc1cc(Cl)ccc1Cl. The van der Waals surface area contributed by atoms with Crippen molar-refractivity contribution in [3.05, 3.63) is 28.2 Å². The number of urea groups is 1. The van der Waals surface area contributed by atoms with E-state index in [0.29, 0.717) is 15.7 Å². The lowest BCUT2D eigenvalue weighted by molar-refractivity contribution is -0.153. The molecule has 0 saturated heterocycles. The number of primary amides is 1. The van der Waals surface area contributed by atoms with Crippen LogP contribution >= 0.6 is 23.2 Å². The van der Waals surface area contributed by atoms with Gasteiger partial charge in [-0.05, 0) is 25.1 Å². The van der Waals surface area contributed by atoms with Crippen LogP contribution in [0, 0.1) is 0 Å². The number of benzene rings is 1. The van der Waals surface area contributed by atoms with Crippen LogP contribution in [0.5, 0.6) is 0 Å². The molecule has 4 N–H and O–H groups in total. The molecule has 0 bridgehead atoms. The monoisotopic (exact) mass is 347 g/mol. The first-order valence-electron chi connectivity index (χ1n) is 6.28. The van der Waals surface area contributed by atoms with Gasteiger partial charge >= 0.3 is 12.0 Å². The van der Waals surface area contributed by atoms with Crippen LogP contribution in [0.15, 0.2) is 18.2 Å². The first-order chi connectivity index (χ1) is 10.3. The quantitative estimate of drug-likeness (QED) is 0.682. The van der Waals surface area contributed by atoms with Gasteiger partial charge in [0.15, 0.2) is 6.10 Å². The molecule has 120 valence electrons. The lowest BCUT2D eigenvalue weighted by atomic mass is 10.3. The van der Waals surface area contributed by atoms with Gasteiger partial charge in [0, 0.05) is 11.6 Å². The summed E-state index contributed by atoms with van der Waals surface area (Å²) in [6.07, 6.45) is -1.13. The first-order valence-corrected chi connectivity index (χ1v) is 7.04. The molecule has 0 fully saturated rings. The largest absolute Gasteiger partial charge is 0.452 e. The average molecular weight is 348 g/mol. The van der Waals surface area contributed by atoms with E-state index >= 15 is 0 Å². The van der Waals surface area contributed by atoms with Crippen LogP contribution in [-0.2, 0) is 14.3 Å². The van der Waals surface area contributed by atoms with Crippen molar-refractivity contribution in [2.45, 2.75) is 19.4 Å². The molecule has 0 aromatic heterocycles. The van der Waals surface area contributed by atoms with E-state index in [1.165, 1.54) is 19.1 Å². The summed E-state index contributed by atoms with van der Waals surface area (Å²) in [6.45, 7) is 1.44. The number of ether oxygens (including phenoxy) is 1. The summed E-state index contributed by atoms with van der Waals surface area (Å²) in [5.74, 6) is -1.20. The van der Waals surface area contributed by atoms with Crippen molar-refractivity contribution in [2.75, 3.05) is 11.9 Å². The standard InChI is InChI=1S/C13H15Cl2N3O4/c1-7(22-11(19)4-5-17-13(16)21)12(20)18-10-6-8(14)2-3-9(10)15/h2-3,6-7H,4-5H2,1H3,(H,18,20)(H3,16,17,21)/t7-/m0/s1. The highest BCUT2D eigenvalue weighted by Gasteiger charge is 2.18. The van der Waals surface area contributed by atoms with Crippen LogP contribution in [0.1, 0.15) is 13.3 Å². The van der Waals surface area contributed by atoms with Crippen LogP contribution in [0.3, 0.4) is 0 Å². The van der Waals surface area contributed by atoms with Gasteiger partial charge in [0.2, 0.25) is 0 Å². The summed E-state index contributed by atoms with van der Waals surface area (Å²) >= 11 is 11.7. The summed E-state index contributed by atoms with van der Waals surface area (Å²) < 4.78 is 4.92. The van der Waals surface area contributed by atoms with Crippen LogP contribution in [0.4, 0.5) is 10.5 Å². The second-order valence-electron chi connectivity index (χ2n) is 4.29. The van der Waals surface area contributed by atoms with E-state index in [-0.39, 0.29) is 13.0 Å². The summed E-state index contributed by atoms with van der Waals surface area (Å²) in [5, 5.41) is 5.46. The van der Waals surface area contributed by atoms with Crippen LogP contribution in [-0.4, -0.2) is 30.6 Å². The molecular formula is C13H15Cl2N3O4. The van der Waals surface area contributed by atoms with E-state index in [0.717, 1.165) is 0 Å². The zero-order chi connectivity index (χ0) is 16.7.